The third-order valence-corrected chi connectivity index (χ3v) is 2.92. The van der Waals surface area contributed by atoms with E-state index in [-0.39, 0.29) is 12.5 Å². The largest absolute Gasteiger partial charge is 0.484 e. The number of aryl methyl sites for hydroxylation is 2. The Bertz CT molecular complexity index is 639. The summed E-state index contributed by atoms with van der Waals surface area (Å²) in [6.07, 6.45) is 3.14. The highest BCUT2D eigenvalue weighted by molar-refractivity contribution is 5.81. The SMILES string of the molecule is Cc1ccc(OCC(=O)NN=Cc2ccccn2)cc1C. The molecular weight excluding hydrogens is 266 g/mol. The van der Waals surface area contributed by atoms with Gasteiger partial charge in [-0.2, -0.15) is 5.10 Å². The quantitative estimate of drug-likeness (QED) is 0.676. The minimum absolute atomic E-state index is 0.0813. The smallest absolute Gasteiger partial charge is 0.277 e. The Labute approximate surface area is 123 Å². The number of hydrazone groups is 1. The molecule has 0 aliphatic carbocycles. The molecule has 0 bridgehead atoms. The van der Waals surface area contributed by atoms with Crippen LogP contribution in [0.4, 0.5) is 0 Å². The maximum absolute atomic E-state index is 11.6. The van der Waals surface area contributed by atoms with Crippen LogP contribution in [0.25, 0.3) is 0 Å². The second-order valence-electron chi connectivity index (χ2n) is 4.58. The van der Waals surface area contributed by atoms with Gasteiger partial charge in [-0.3, -0.25) is 9.78 Å². The molecule has 0 saturated heterocycles. The van der Waals surface area contributed by atoms with Crippen molar-refractivity contribution in [3.05, 3.63) is 59.4 Å². The van der Waals surface area contributed by atoms with Crippen LogP contribution < -0.4 is 10.2 Å². The molecule has 1 aromatic carbocycles. The molecule has 1 heterocycles. The minimum atomic E-state index is -0.319. The number of nitrogens with zero attached hydrogens (tertiary/aromatic N) is 2. The molecule has 0 aliphatic rings. The van der Waals surface area contributed by atoms with E-state index >= 15 is 0 Å². The summed E-state index contributed by atoms with van der Waals surface area (Å²) in [4.78, 5) is 15.6. The molecule has 2 aromatic rings. The highest BCUT2D eigenvalue weighted by atomic mass is 16.5. The molecule has 2 rings (SSSR count). The van der Waals surface area contributed by atoms with Crippen molar-refractivity contribution in [3.63, 3.8) is 0 Å². The normalized spacial score (nSPS) is 10.6. The van der Waals surface area contributed by atoms with Crippen molar-refractivity contribution in [1.82, 2.24) is 10.4 Å². The average molecular weight is 283 g/mol. The summed E-state index contributed by atoms with van der Waals surface area (Å²) in [5, 5.41) is 3.82. The van der Waals surface area contributed by atoms with Crippen molar-refractivity contribution in [2.75, 3.05) is 6.61 Å². The Balaban J connectivity index is 1.79. The van der Waals surface area contributed by atoms with Gasteiger partial charge in [0.05, 0.1) is 11.9 Å². The number of ether oxygens (including phenoxy) is 1. The lowest BCUT2D eigenvalue weighted by Gasteiger charge is -2.07. The fourth-order valence-electron chi connectivity index (χ4n) is 1.61. The molecule has 0 saturated carbocycles. The van der Waals surface area contributed by atoms with E-state index in [0.717, 1.165) is 5.56 Å². The molecule has 0 unspecified atom stereocenters. The number of hydrogen-bond donors (Lipinski definition) is 1. The van der Waals surface area contributed by atoms with E-state index in [4.69, 9.17) is 4.74 Å². The number of pyridine rings is 1. The van der Waals surface area contributed by atoms with Crippen molar-refractivity contribution in [1.29, 1.82) is 0 Å². The van der Waals surface area contributed by atoms with E-state index in [0.29, 0.717) is 11.4 Å². The molecule has 5 nitrogen and oxygen atoms in total. The molecule has 1 N–H and O–H groups in total. The van der Waals surface area contributed by atoms with Gasteiger partial charge in [0, 0.05) is 6.20 Å². The molecule has 0 fully saturated rings. The van der Waals surface area contributed by atoms with Crippen LogP contribution >= 0.6 is 0 Å². The van der Waals surface area contributed by atoms with Gasteiger partial charge in [0.15, 0.2) is 6.61 Å². The highest BCUT2D eigenvalue weighted by Crippen LogP contribution is 2.16. The van der Waals surface area contributed by atoms with E-state index in [2.05, 4.69) is 15.5 Å². The van der Waals surface area contributed by atoms with Crippen LogP contribution in [0.5, 0.6) is 5.75 Å². The van der Waals surface area contributed by atoms with Gasteiger partial charge in [0.2, 0.25) is 0 Å². The van der Waals surface area contributed by atoms with E-state index in [1.807, 2.05) is 44.2 Å². The summed E-state index contributed by atoms with van der Waals surface area (Å²) in [7, 11) is 0. The van der Waals surface area contributed by atoms with E-state index in [1.165, 1.54) is 11.8 Å². The predicted octanol–water partition coefficient (Wildman–Crippen LogP) is 2.23. The number of carbonyl (C=O) groups is 1. The topological polar surface area (TPSA) is 63.6 Å². The fraction of sp³-hybridized carbons (Fsp3) is 0.188. The lowest BCUT2D eigenvalue weighted by atomic mass is 10.1. The summed E-state index contributed by atoms with van der Waals surface area (Å²) in [6, 6.07) is 11.2. The number of amides is 1. The molecule has 0 aliphatic heterocycles. The van der Waals surface area contributed by atoms with Gasteiger partial charge in [-0.05, 0) is 49.2 Å². The molecule has 0 spiro atoms. The predicted molar refractivity (Wildman–Crippen MR) is 81.4 cm³/mol. The Kier molecular flexibility index (Phi) is 5.04. The summed E-state index contributed by atoms with van der Waals surface area (Å²) in [5.41, 5.74) is 5.38. The molecule has 108 valence electrons. The second kappa shape index (κ2) is 7.19. The van der Waals surface area contributed by atoms with Crippen molar-refractivity contribution < 1.29 is 9.53 Å². The Hall–Kier alpha value is -2.69. The number of rotatable bonds is 5. The fourth-order valence-corrected chi connectivity index (χ4v) is 1.61. The monoisotopic (exact) mass is 283 g/mol. The van der Waals surface area contributed by atoms with Crippen molar-refractivity contribution >= 4 is 12.1 Å². The zero-order chi connectivity index (χ0) is 15.1. The van der Waals surface area contributed by atoms with Crippen molar-refractivity contribution in [3.8, 4) is 5.75 Å². The summed E-state index contributed by atoms with van der Waals surface area (Å²) < 4.78 is 5.40. The first-order valence-electron chi connectivity index (χ1n) is 6.58. The second-order valence-corrected chi connectivity index (χ2v) is 4.58. The lowest BCUT2D eigenvalue weighted by Crippen LogP contribution is -2.24. The average Bonchev–Trinajstić information content (AvgIpc) is 2.49. The zero-order valence-electron chi connectivity index (χ0n) is 12.0. The molecule has 0 radical (unpaired) electrons. The van der Waals surface area contributed by atoms with Crippen LogP contribution in [0, 0.1) is 13.8 Å². The first-order chi connectivity index (χ1) is 10.1. The van der Waals surface area contributed by atoms with Gasteiger partial charge in [-0.15, -0.1) is 0 Å². The van der Waals surface area contributed by atoms with E-state index in [1.54, 1.807) is 12.3 Å². The molecule has 0 atom stereocenters. The van der Waals surface area contributed by atoms with Gasteiger partial charge in [-0.1, -0.05) is 12.1 Å². The Morgan fingerprint density at radius 1 is 1.29 bits per heavy atom. The van der Waals surface area contributed by atoms with E-state index < -0.39 is 0 Å². The van der Waals surface area contributed by atoms with Crippen molar-refractivity contribution in [2.24, 2.45) is 5.10 Å². The van der Waals surface area contributed by atoms with E-state index in [9.17, 15) is 4.79 Å². The zero-order valence-corrected chi connectivity index (χ0v) is 12.0. The first-order valence-corrected chi connectivity index (χ1v) is 6.58. The van der Waals surface area contributed by atoms with Gasteiger partial charge in [-0.25, -0.2) is 5.43 Å². The van der Waals surface area contributed by atoms with Gasteiger partial charge in [0.1, 0.15) is 5.75 Å². The maximum Gasteiger partial charge on any atom is 0.277 e. The molecular formula is C16H17N3O2. The van der Waals surface area contributed by atoms with Crippen LogP contribution in [0.3, 0.4) is 0 Å². The number of benzene rings is 1. The Morgan fingerprint density at radius 2 is 2.14 bits per heavy atom. The number of nitrogens with one attached hydrogen (secondary N) is 1. The van der Waals surface area contributed by atoms with Gasteiger partial charge in [0.25, 0.3) is 5.91 Å². The maximum atomic E-state index is 11.6. The van der Waals surface area contributed by atoms with Crippen LogP contribution in [-0.2, 0) is 4.79 Å². The minimum Gasteiger partial charge on any atom is -0.484 e. The summed E-state index contributed by atoms with van der Waals surface area (Å²) >= 11 is 0. The first kappa shape index (κ1) is 14.7. The number of hydrogen-bond acceptors (Lipinski definition) is 4. The molecule has 1 aromatic heterocycles. The Morgan fingerprint density at radius 3 is 2.86 bits per heavy atom. The molecule has 1 amide bonds. The summed E-state index contributed by atoms with van der Waals surface area (Å²) in [6.45, 7) is 3.94. The highest BCUT2D eigenvalue weighted by Gasteiger charge is 2.02. The van der Waals surface area contributed by atoms with Crippen LogP contribution in [0.2, 0.25) is 0 Å². The summed E-state index contributed by atoms with van der Waals surface area (Å²) in [5.74, 6) is 0.349. The number of carbonyl (C=O) groups excluding carboxylic acids is 1. The standard InChI is InChI=1S/C16H17N3O2/c1-12-6-7-15(9-13(12)2)21-11-16(20)19-18-10-14-5-3-4-8-17-14/h3-10H,11H2,1-2H3,(H,19,20). The van der Waals surface area contributed by atoms with Crippen LogP contribution in [0.1, 0.15) is 16.8 Å². The van der Waals surface area contributed by atoms with Gasteiger partial charge < -0.3 is 4.74 Å². The number of aromatic nitrogens is 1. The third-order valence-electron chi connectivity index (χ3n) is 2.92. The third kappa shape index (κ3) is 4.72. The lowest BCUT2D eigenvalue weighted by molar-refractivity contribution is -0.123. The van der Waals surface area contributed by atoms with Gasteiger partial charge >= 0.3 is 0 Å². The van der Waals surface area contributed by atoms with Crippen LogP contribution in [-0.4, -0.2) is 23.7 Å². The van der Waals surface area contributed by atoms with Crippen molar-refractivity contribution in [2.45, 2.75) is 13.8 Å². The molecule has 21 heavy (non-hydrogen) atoms. The molecule has 5 heteroatoms. The van der Waals surface area contributed by atoms with Crippen LogP contribution in [0.15, 0.2) is 47.7 Å².